The molecule has 0 bridgehead atoms. The Morgan fingerprint density at radius 1 is 1.61 bits per heavy atom. The lowest BCUT2D eigenvalue weighted by Gasteiger charge is -2.26. The Balaban J connectivity index is 1.91. The van der Waals surface area contributed by atoms with Crippen molar-refractivity contribution in [1.29, 1.82) is 0 Å². The van der Waals surface area contributed by atoms with Gasteiger partial charge in [0.2, 0.25) is 5.88 Å². The molecule has 1 aliphatic heterocycles. The summed E-state index contributed by atoms with van der Waals surface area (Å²) in [6.07, 6.45) is -1.78. The SMILES string of the molecule is CN(C(=O)NCc1cccnc1OCC(F)F)[C@H]1CNC[C@@H]1O. The van der Waals surface area contributed by atoms with Crippen LogP contribution in [0.5, 0.6) is 5.88 Å². The second kappa shape index (κ2) is 8.02. The highest BCUT2D eigenvalue weighted by Crippen LogP contribution is 2.15. The topological polar surface area (TPSA) is 86.7 Å². The number of aliphatic hydroxyl groups is 1. The maximum atomic E-state index is 12.2. The third-order valence-electron chi connectivity index (χ3n) is 3.59. The minimum Gasteiger partial charge on any atom is -0.471 e. The van der Waals surface area contributed by atoms with Crippen molar-refractivity contribution in [3.63, 3.8) is 0 Å². The third kappa shape index (κ3) is 4.73. The summed E-state index contributed by atoms with van der Waals surface area (Å²) in [5.41, 5.74) is 0.500. The molecule has 1 fully saturated rings. The monoisotopic (exact) mass is 330 g/mol. The highest BCUT2D eigenvalue weighted by atomic mass is 19.3. The van der Waals surface area contributed by atoms with Crippen LogP contribution in [0.25, 0.3) is 0 Å². The summed E-state index contributed by atoms with van der Waals surface area (Å²) in [4.78, 5) is 17.4. The number of pyridine rings is 1. The predicted molar refractivity (Wildman–Crippen MR) is 78.4 cm³/mol. The number of rotatable bonds is 6. The molecule has 0 spiro atoms. The van der Waals surface area contributed by atoms with E-state index < -0.39 is 19.1 Å². The minimum atomic E-state index is -2.60. The number of aliphatic hydroxyl groups excluding tert-OH is 1. The first kappa shape index (κ1) is 17.4. The lowest BCUT2D eigenvalue weighted by Crippen LogP contribution is -2.48. The van der Waals surface area contributed by atoms with Gasteiger partial charge in [-0.15, -0.1) is 0 Å². The van der Waals surface area contributed by atoms with Crippen molar-refractivity contribution >= 4 is 6.03 Å². The van der Waals surface area contributed by atoms with Crippen LogP contribution in [0.2, 0.25) is 0 Å². The minimum absolute atomic E-state index is 0.0679. The molecule has 2 atom stereocenters. The Hall–Kier alpha value is -2.00. The van der Waals surface area contributed by atoms with Crippen LogP contribution in [0.15, 0.2) is 18.3 Å². The number of carbonyl (C=O) groups is 1. The Morgan fingerprint density at radius 3 is 3.04 bits per heavy atom. The zero-order valence-corrected chi connectivity index (χ0v) is 12.7. The van der Waals surface area contributed by atoms with Crippen LogP contribution in [0.1, 0.15) is 5.56 Å². The van der Waals surface area contributed by atoms with Crippen molar-refractivity contribution in [2.45, 2.75) is 25.1 Å². The molecule has 1 saturated heterocycles. The zero-order chi connectivity index (χ0) is 16.8. The maximum Gasteiger partial charge on any atom is 0.317 e. The third-order valence-corrected chi connectivity index (χ3v) is 3.59. The standard InChI is InChI=1S/C14H20F2N4O3/c1-20(10-6-17-7-11(10)21)14(22)19-5-9-3-2-4-18-13(9)23-8-12(15)16/h2-4,10-12,17,21H,5-8H2,1H3,(H,19,22)/t10-,11-/m0/s1. The van der Waals surface area contributed by atoms with Crippen molar-refractivity contribution in [1.82, 2.24) is 20.5 Å². The van der Waals surface area contributed by atoms with E-state index in [0.717, 1.165) is 0 Å². The normalized spacial score (nSPS) is 20.6. The molecule has 2 amide bonds. The predicted octanol–water partition coefficient (Wildman–Crippen LogP) is 0.200. The van der Waals surface area contributed by atoms with Crippen molar-refractivity contribution < 1.29 is 23.4 Å². The first-order valence-electron chi connectivity index (χ1n) is 7.23. The van der Waals surface area contributed by atoms with Crippen LogP contribution in [-0.4, -0.2) is 66.3 Å². The molecule has 7 nitrogen and oxygen atoms in total. The fourth-order valence-corrected chi connectivity index (χ4v) is 2.32. The average Bonchev–Trinajstić information content (AvgIpc) is 2.96. The number of carbonyl (C=O) groups excluding carboxylic acids is 1. The van der Waals surface area contributed by atoms with E-state index in [1.165, 1.54) is 11.1 Å². The number of hydrogen-bond acceptors (Lipinski definition) is 5. The van der Waals surface area contributed by atoms with Gasteiger partial charge in [-0.2, -0.15) is 0 Å². The molecule has 128 valence electrons. The van der Waals surface area contributed by atoms with E-state index in [1.54, 1.807) is 19.2 Å². The lowest BCUT2D eigenvalue weighted by molar-refractivity contribution is 0.0789. The summed E-state index contributed by atoms with van der Waals surface area (Å²) in [6.45, 7) is 0.293. The number of urea groups is 1. The van der Waals surface area contributed by atoms with E-state index in [2.05, 4.69) is 15.6 Å². The molecular weight excluding hydrogens is 310 g/mol. The molecule has 1 aromatic rings. The van der Waals surface area contributed by atoms with Gasteiger partial charge in [0.15, 0.2) is 6.61 Å². The summed E-state index contributed by atoms with van der Waals surface area (Å²) < 4.78 is 29.4. The van der Waals surface area contributed by atoms with Gasteiger partial charge in [-0.05, 0) is 6.07 Å². The van der Waals surface area contributed by atoms with Gasteiger partial charge < -0.3 is 25.4 Å². The van der Waals surface area contributed by atoms with Gasteiger partial charge in [-0.1, -0.05) is 6.07 Å². The number of halogens is 2. The van der Waals surface area contributed by atoms with E-state index >= 15 is 0 Å². The van der Waals surface area contributed by atoms with Gasteiger partial charge in [0.05, 0.1) is 12.1 Å². The molecule has 1 aromatic heterocycles. The fraction of sp³-hybridized carbons (Fsp3) is 0.571. The summed E-state index contributed by atoms with van der Waals surface area (Å²) in [6, 6.07) is 2.59. The van der Waals surface area contributed by atoms with Crippen LogP contribution < -0.4 is 15.4 Å². The number of aromatic nitrogens is 1. The van der Waals surface area contributed by atoms with Crippen LogP contribution in [0, 0.1) is 0 Å². The van der Waals surface area contributed by atoms with Gasteiger partial charge in [0, 0.05) is 38.4 Å². The number of β-amino-alcohol motifs (C(OH)–C–C–N with tert-alkyl or cyclic N) is 1. The second-order valence-electron chi connectivity index (χ2n) is 5.23. The van der Waals surface area contributed by atoms with Gasteiger partial charge in [0.1, 0.15) is 0 Å². The van der Waals surface area contributed by atoms with E-state index in [0.29, 0.717) is 18.7 Å². The average molecular weight is 330 g/mol. The Bertz CT molecular complexity index is 532. The molecule has 23 heavy (non-hydrogen) atoms. The number of likely N-dealkylation sites (N-methyl/N-ethyl adjacent to an activating group) is 1. The van der Waals surface area contributed by atoms with Crippen LogP contribution in [0.3, 0.4) is 0 Å². The van der Waals surface area contributed by atoms with Gasteiger partial charge >= 0.3 is 6.03 Å². The molecule has 3 N–H and O–H groups in total. The summed E-state index contributed by atoms with van der Waals surface area (Å²) in [7, 11) is 1.59. The first-order chi connectivity index (χ1) is 11.0. The van der Waals surface area contributed by atoms with Crippen molar-refractivity contribution in [2.24, 2.45) is 0 Å². The fourth-order valence-electron chi connectivity index (χ4n) is 2.32. The van der Waals surface area contributed by atoms with Crippen molar-refractivity contribution in [3.8, 4) is 5.88 Å². The van der Waals surface area contributed by atoms with Crippen LogP contribution >= 0.6 is 0 Å². The van der Waals surface area contributed by atoms with E-state index in [-0.39, 0.29) is 24.5 Å². The number of amides is 2. The smallest absolute Gasteiger partial charge is 0.317 e. The Labute approximate surface area is 132 Å². The molecule has 1 aliphatic rings. The maximum absolute atomic E-state index is 12.2. The number of ether oxygens (including phenoxy) is 1. The molecular formula is C14H20F2N4O3. The summed E-state index contributed by atoms with van der Waals surface area (Å²) in [5.74, 6) is 0.0679. The molecule has 0 radical (unpaired) electrons. The van der Waals surface area contributed by atoms with E-state index in [9.17, 15) is 18.7 Å². The molecule has 9 heteroatoms. The molecule has 0 aliphatic carbocycles. The highest BCUT2D eigenvalue weighted by molar-refractivity contribution is 5.74. The van der Waals surface area contributed by atoms with Crippen LogP contribution in [0.4, 0.5) is 13.6 Å². The number of nitrogens with one attached hydrogen (secondary N) is 2. The molecule has 0 aromatic carbocycles. The zero-order valence-electron chi connectivity index (χ0n) is 12.7. The van der Waals surface area contributed by atoms with Crippen LogP contribution in [-0.2, 0) is 6.54 Å². The van der Waals surface area contributed by atoms with Gasteiger partial charge in [-0.25, -0.2) is 18.6 Å². The molecule has 2 rings (SSSR count). The second-order valence-corrected chi connectivity index (χ2v) is 5.23. The lowest BCUT2D eigenvalue weighted by atomic mass is 10.2. The highest BCUT2D eigenvalue weighted by Gasteiger charge is 2.31. The quantitative estimate of drug-likeness (QED) is 0.694. The van der Waals surface area contributed by atoms with Gasteiger partial charge in [-0.3, -0.25) is 0 Å². The summed E-state index contributed by atoms with van der Waals surface area (Å²) in [5, 5.41) is 15.4. The molecule has 2 heterocycles. The Kier molecular flexibility index (Phi) is 6.05. The van der Waals surface area contributed by atoms with E-state index in [4.69, 9.17) is 4.74 Å². The van der Waals surface area contributed by atoms with Gasteiger partial charge in [0.25, 0.3) is 6.43 Å². The number of nitrogens with zero attached hydrogens (tertiary/aromatic N) is 2. The van der Waals surface area contributed by atoms with E-state index in [1.807, 2.05) is 0 Å². The largest absolute Gasteiger partial charge is 0.471 e. The van der Waals surface area contributed by atoms with Crippen molar-refractivity contribution in [3.05, 3.63) is 23.9 Å². The Morgan fingerprint density at radius 2 is 2.39 bits per heavy atom. The molecule has 0 saturated carbocycles. The molecule has 0 unspecified atom stereocenters. The number of hydrogen-bond donors (Lipinski definition) is 3. The summed E-state index contributed by atoms with van der Waals surface area (Å²) >= 11 is 0. The first-order valence-corrected chi connectivity index (χ1v) is 7.23. The number of alkyl halides is 2. The van der Waals surface area contributed by atoms with Crippen molar-refractivity contribution in [2.75, 3.05) is 26.7 Å².